The normalized spacial score (nSPS) is 14.0. The Hall–Kier alpha value is -3.07. The topological polar surface area (TPSA) is 109 Å². The van der Waals surface area contributed by atoms with Crippen molar-refractivity contribution in [1.29, 1.82) is 0 Å². The van der Waals surface area contributed by atoms with Gasteiger partial charge in [0, 0.05) is 6.07 Å². The van der Waals surface area contributed by atoms with Gasteiger partial charge in [-0.2, -0.15) is 4.68 Å². The summed E-state index contributed by atoms with van der Waals surface area (Å²) >= 11 is 0. The summed E-state index contributed by atoms with van der Waals surface area (Å²) in [5.74, 6) is 1.10. The van der Waals surface area contributed by atoms with Crippen LogP contribution >= 0.6 is 0 Å². The maximum Gasteiger partial charge on any atom is 0.229 e. The molecule has 3 aromatic rings. The highest BCUT2D eigenvalue weighted by molar-refractivity contribution is 7.91. The van der Waals surface area contributed by atoms with E-state index in [1.54, 1.807) is 42.5 Å². The van der Waals surface area contributed by atoms with E-state index in [1.807, 2.05) is 0 Å². The van der Waals surface area contributed by atoms with Crippen molar-refractivity contribution in [3.63, 3.8) is 0 Å². The zero-order valence-electron chi connectivity index (χ0n) is 16.4. The van der Waals surface area contributed by atoms with E-state index < -0.39 is 9.84 Å². The molecule has 1 aliphatic rings. The fraction of sp³-hybridized carbons (Fsp3) is 0.300. The van der Waals surface area contributed by atoms with Crippen molar-refractivity contribution in [2.75, 3.05) is 18.9 Å². The van der Waals surface area contributed by atoms with Crippen LogP contribution in [0.15, 0.2) is 52.4 Å². The zero-order valence-corrected chi connectivity index (χ0v) is 17.2. The molecule has 0 unspecified atom stereocenters. The lowest BCUT2D eigenvalue weighted by Gasteiger charge is -2.19. The lowest BCUT2D eigenvalue weighted by molar-refractivity contribution is 0.171. The number of aromatic nitrogens is 3. The van der Waals surface area contributed by atoms with Crippen LogP contribution in [0.25, 0.3) is 5.69 Å². The molecule has 8 nitrogen and oxygen atoms in total. The molecule has 1 aliphatic heterocycles. The third kappa shape index (κ3) is 3.42. The maximum absolute atomic E-state index is 13.1. The molecule has 0 radical (unpaired) electrons. The molecule has 2 heterocycles. The first kappa shape index (κ1) is 19.3. The molecule has 4 rings (SSSR count). The van der Waals surface area contributed by atoms with Gasteiger partial charge in [-0.15, -0.1) is 5.10 Å². The molecule has 2 N–H and O–H groups in total. The van der Waals surface area contributed by atoms with Gasteiger partial charge in [0.1, 0.15) is 13.2 Å². The van der Waals surface area contributed by atoms with Crippen molar-refractivity contribution in [2.24, 2.45) is 0 Å². The Morgan fingerprint density at radius 2 is 1.66 bits per heavy atom. The number of anilines is 1. The Labute approximate surface area is 169 Å². The Morgan fingerprint density at radius 1 is 1.00 bits per heavy atom. The van der Waals surface area contributed by atoms with Gasteiger partial charge in [0.05, 0.1) is 10.6 Å². The minimum absolute atomic E-state index is 0.0680. The summed E-state index contributed by atoms with van der Waals surface area (Å²) in [4.78, 5) is 0.117. The zero-order chi connectivity index (χ0) is 20.8. The number of nitrogens with zero attached hydrogens (tertiary/aromatic N) is 3. The van der Waals surface area contributed by atoms with Gasteiger partial charge in [0.15, 0.2) is 17.3 Å². The first-order chi connectivity index (χ1) is 13.7. The fourth-order valence-electron chi connectivity index (χ4n) is 3.07. The Kier molecular flexibility index (Phi) is 4.49. The molecule has 9 heteroatoms. The Bertz CT molecular complexity index is 1160. The van der Waals surface area contributed by atoms with Crippen molar-refractivity contribution in [3.8, 4) is 17.2 Å². The number of rotatable bonds is 3. The molecule has 1 aromatic heterocycles. The highest BCUT2D eigenvalue weighted by atomic mass is 32.2. The number of hydrogen-bond acceptors (Lipinski definition) is 7. The molecule has 0 atom stereocenters. The smallest absolute Gasteiger partial charge is 0.229 e. The van der Waals surface area contributed by atoms with Crippen LogP contribution < -0.4 is 15.2 Å². The second-order valence-electron chi connectivity index (χ2n) is 7.80. The van der Waals surface area contributed by atoms with E-state index in [2.05, 4.69) is 31.1 Å². The van der Waals surface area contributed by atoms with Gasteiger partial charge in [0.25, 0.3) is 0 Å². The SMILES string of the molecule is CC(C)(C)c1ccc(S(=O)(=O)c2nnn(-c3ccc4c(c3)OCCO4)c2N)cc1. The van der Waals surface area contributed by atoms with E-state index in [4.69, 9.17) is 15.2 Å². The van der Waals surface area contributed by atoms with Crippen molar-refractivity contribution in [2.45, 2.75) is 36.1 Å². The monoisotopic (exact) mass is 414 g/mol. The summed E-state index contributed by atoms with van der Waals surface area (Å²) in [7, 11) is -3.91. The van der Waals surface area contributed by atoms with Crippen molar-refractivity contribution < 1.29 is 17.9 Å². The summed E-state index contributed by atoms with van der Waals surface area (Å²) < 4.78 is 38.4. The standard InChI is InChI=1S/C20H22N4O4S/c1-20(2,3)13-4-7-15(8-5-13)29(25,26)19-18(21)24(23-22-19)14-6-9-16-17(12-14)28-11-10-27-16/h4-9,12H,10-11,21H2,1-3H3. The minimum Gasteiger partial charge on any atom is -0.486 e. The number of nitrogen functional groups attached to an aromatic ring is 1. The first-order valence-electron chi connectivity index (χ1n) is 9.15. The van der Waals surface area contributed by atoms with Crippen LogP contribution in [0.3, 0.4) is 0 Å². The van der Waals surface area contributed by atoms with Gasteiger partial charge in [-0.25, -0.2) is 8.42 Å². The number of nitrogens with two attached hydrogens (primary N) is 1. The van der Waals surface area contributed by atoms with E-state index in [0.717, 1.165) is 5.56 Å². The number of benzene rings is 2. The summed E-state index contributed by atoms with van der Waals surface area (Å²) in [5.41, 5.74) is 7.60. The molecule has 0 amide bonds. The highest BCUT2D eigenvalue weighted by Gasteiger charge is 2.27. The second kappa shape index (κ2) is 6.77. The van der Waals surface area contributed by atoms with Gasteiger partial charge in [-0.1, -0.05) is 38.1 Å². The van der Waals surface area contributed by atoms with E-state index in [1.165, 1.54) is 4.68 Å². The van der Waals surface area contributed by atoms with Crippen molar-refractivity contribution in [3.05, 3.63) is 48.0 Å². The molecule has 0 saturated carbocycles. The average Bonchev–Trinajstić information content (AvgIpc) is 3.09. The van der Waals surface area contributed by atoms with E-state index in [-0.39, 0.29) is 21.2 Å². The largest absolute Gasteiger partial charge is 0.486 e. The van der Waals surface area contributed by atoms with Gasteiger partial charge in [0.2, 0.25) is 14.9 Å². The number of hydrogen-bond donors (Lipinski definition) is 1. The average molecular weight is 414 g/mol. The minimum atomic E-state index is -3.91. The second-order valence-corrected chi connectivity index (χ2v) is 9.66. The van der Waals surface area contributed by atoms with Crippen LogP contribution in [-0.2, 0) is 15.3 Å². The summed E-state index contributed by atoms with van der Waals surface area (Å²) in [6, 6.07) is 11.9. The van der Waals surface area contributed by atoms with Crippen LogP contribution in [-0.4, -0.2) is 36.6 Å². The molecule has 2 aromatic carbocycles. The molecular weight excluding hydrogens is 392 g/mol. The molecule has 152 valence electrons. The van der Waals surface area contributed by atoms with Gasteiger partial charge in [-0.3, -0.25) is 0 Å². The van der Waals surface area contributed by atoms with Crippen molar-refractivity contribution >= 4 is 15.7 Å². The predicted octanol–water partition coefficient (Wildman–Crippen LogP) is 2.75. The van der Waals surface area contributed by atoms with E-state index in [0.29, 0.717) is 30.4 Å². The quantitative estimate of drug-likeness (QED) is 0.702. The Balaban J connectivity index is 1.71. The van der Waals surface area contributed by atoms with Crippen LogP contribution in [0.1, 0.15) is 26.3 Å². The highest BCUT2D eigenvalue weighted by Crippen LogP contribution is 2.33. The van der Waals surface area contributed by atoms with Crippen LogP contribution in [0.2, 0.25) is 0 Å². The van der Waals surface area contributed by atoms with E-state index in [9.17, 15) is 8.42 Å². The number of fused-ring (bicyclic) bond motifs is 1. The molecule has 29 heavy (non-hydrogen) atoms. The van der Waals surface area contributed by atoms with Crippen LogP contribution in [0, 0.1) is 0 Å². The van der Waals surface area contributed by atoms with E-state index >= 15 is 0 Å². The molecule has 0 aliphatic carbocycles. The summed E-state index contributed by atoms with van der Waals surface area (Å²) in [6.45, 7) is 7.11. The summed E-state index contributed by atoms with van der Waals surface area (Å²) in [5, 5.41) is 7.52. The molecule has 0 saturated heterocycles. The lowest BCUT2D eigenvalue weighted by Crippen LogP contribution is -2.15. The maximum atomic E-state index is 13.1. The summed E-state index contributed by atoms with van der Waals surface area (Å²) in [6.07, 6.45) is 0. The fourth-order valence-corrected chi connectivity index (χ4v) is 4.29. The molecule has 0 fully saturated rings. The number of ether oxygens (including phenoxy) is 2. The third-order valence-electron chi connectivity index (χ3n) is 4.73. The van der Waals surface area contributed by atoms with Gasteiger partial charge >= 0.3 is 0 Å². The van der Waals surface area contributed by atoms with Gasteiger partial charge in [-0.05, 0) is 35.2 Å². The molecular formula is C20H22N4O4S. The molecule has 0 spiro atoms. The number of sulfone groups is 1. The van der Waals surface area contributed by atoms with Gasteiger partial charge < -0.3 is 15.2 Å². The van der Waals surface area contributed by atoms with Crippen LogP contribution in [0.5, 0.6) is 11.5 Å². The predicted molar refractivity (Wildman–Crippen MR) is 107 cm³/mol. The third-order valence-corrected chi connectivity index (χ3v) is 6.42. The first-order valence-corrected chi connectivity index (χ1v) is 10.6. The van der Waals surface area contributed by atoms with Crippen LogP contribution in [0.4, 0.5) is 5.82 Å². The molecule has 0 bridgehead atoms. The Morgan fingerprint density at radius 3 is 2.31 bits per heavy atom. The lowest BCUT2D eigenvalue weighted by atomic mass is 9.87. The van der Waals surface area contributed by atoms with Crippen molar-refractivity contribution in [1.82, 2.24) is 15.0 Å².